The molecule has 0 aromatic carbocycles. The lowest BCUT2D eigenvalue weighted by molar-refractivity contribution is -0.156. The lowest BCUT2D eigenvalue weighted by Crippen LogP contribution is -2.67. The highest BCUT2D eigenvalue weighted by Gasteiger charge is 2.53. The van der Waals surface area contributed by atoms with Gasteiger partial charge in [0.25, 0.3) is 0 Å². The van der Waals surface area contributed by atoms with Crippen LogP contribution in [0.4, 0.5) is 0 Å². The van der Waals surface area contributed by atoms with Gasteiger partial charge in [-0.1, -0.05) is 27.7 Å². The first-order valence-electron chi connectivity index (χ1n) is 8.45. The first-order chi connectivity index (χ1) is 9.43. The lowest BCUT2D eigenvalue weighted by Gasteiger charge is -2.59. The summed E-state index contributed by atoms with van der Waals surface area (Å²) in [7, 11) is 1.86. The molecule has 1 saturated carbocycles. The zero-order valence-corrected chi connectivity index (χ0v) is 14.3. The Morgan fingerprint density at radius 2 is 2.00 bits per heavy atom. The van der Waals surface area contributed by atoms with E-state index in [0.717, 1.165) is 12.5 Å². The Labute approximate surface area is 125 Å². The molecule has 5 atom stereocenters. The van der Waals surface area contributed by atoms with Crippen molar-refractivity contribution in [3.8, 4) is 0 Å². The molecule has 0 aromatic rings. The maximum atomic E-state index is 5.62. The summed E-state index contributed by atoms with van der Waals surface area (Å²) in [5.74, 6) is 0.729. The van der Waals surface area contributed by atoms with Gasteiger partial charge in [-0.3, -0.25) is 4.90 Å². The Balaban J connectivity index is 1.96. The van der Waals surface area contributed by atoms with E-state index in [1.807, 2.05) is 7.11 Å². The van der Waals surface area contributed by atoms with Gasteiger partial charge in [0.15, 0.2) is 0 Å². The van der Waals surface area contributed by atoms with Crippen LogP contribution in [0.5, 0.6) is 0 Å². The third-order valence-corrected chi connectivity index (χ3v) is 6.08. The van der Waals surface area contributed by atoms with E-state index in [1.54, 1.807) is 0 Å². The molecular formula is C17H34N2O. The number of rotatable bonds is 5. The molecule has 1 heterocycles. The van der Waals surface area contributed by atoms with Crippen molar-refractivity contribution >= 4 is 0 Å². The zero-order chi connectivity index (χ0) is 14.9. The van der Waals surface area contributed by atoms with Gasteiger partial charge < -0.3 is 10.1 Å². The molecule has 0 amide bonds. The van der Waals surface area contributed by atoms with Crippen LogP contribution in [0.25, 0.3) is 0 Å². The van der Waals surface area contributed by atoms with Crippen LogP contribution in [0, 0.1) is 11.3 Å². The smallest absolute Gasteiger partial charge is 0.0652 e. The number of nitrogens with one attached hydrogen (secondary N) is 1. The average Bonchev–Trinajstić information content (AvgIpc) is 2.42. The number of likely N-dealkylation sites (tertiary alicyclic amines) is 1. The largest absolute Gasteiger partial charge is 0.381 e. The van der Waals surface area contributed by atoms with Gasteiger partial charge in [0.05, 0.1) is 6.10 Å². The van der Waals surface area contributed by atoms with E-state index in [2.05, 4.69) is 44.8 Å². The van der Waals surface area contributed by atoms with E-state index < -0.39 is 0 Å². The van der Waals surface area contributed by atoms with Crippen LogP contribution in [0.15, 0.2) is 0 Å². The van der Waals surface area contributed by atoms with Crippen molar-refractivity contribution in [2.45, 2.75) is 78.1 Å². The van der Waals surface area contributed by atoms with Gasteiger partial charge in [-0.05, 0) is 38.6 Å². The molecule has 2 rings (SSSR count). The molecule has 0 bridgehead atoms. The second-order valence-electron chi connectivity index (χ2n) is 7.48. The highest BCUT2D eigenvalue weighted by Crippen LogP contribution is 2.47. The van der Waals surface area contributed by atoms with Crippen LogP contribution in [0.2, 0.25) is 0 Å². The van der Waals surface area contributed by atoms with Crippen LogP contribution in [-0.2, 0) is 4.74 Å². The number of piperidine rings is 1. The number of hydrogen-bond acceptors (Lipinski definition) is 3. The van der Waals surface area contributed by atoms with Crippen molar-refractivity contribution in [1.82, 2.24) is 10.2 Å². The van der Waals surface area contributed by atoms with Crippen molar-refractivity contribution in [2.75, 3.05) is 20.2 Å². The minimum Gasteiger partial charge on any atom is -0.381 e. The van der Waals surface area contributed by atoms with Crippen LogP contribution in [0.1, 0.15) is 53.9 Å². The second-order valence-corrected chi connectivity index (χ2v) is 7.48. The lowest BCUT2D eigenvalue weighted by atomic mass is 9.62. The summed E-state index contributed by atoms with van der Waals surface area (Å²) in [6.45, 7) is 14.2. The monoisotopic (exact) mass is 282 g/mol. The Hall–Kier alpha value is -0.120. The van der Waals surface area contributed by atoms with E-state index in [-0.39, 0.29) is 0 Å². The van der Waals surface area contributed by atoms with Gasteiger partial charge in [-0.2, -0.15) is 0 Å². The van der Waals surface area contributed by atoms with Crippen molar-refractivity contribution < 1.29 is 4.74 Å². The Morgan fingerprint density at radius 1 is 1.30 bits per heavy atom. The Bertz CT molecular complexity index is 318. The molecule has 2 aliphatic rings. The quantitative estimate of drug-likeness (QED) is 0.839. The molecule has 1 N–H and O–H groups in total. The third-order valence-electron chi connectivity index (χ3n) is 6.08. The summed E-state index contributed by atoms with van der Waals surface area (Å²) in [4.78, 5) is 2.75. The molecular weight excluding hydrogens is 248 g/mol. The highest BCUT2D eigenvalue weighted by atomic mass is 16.5. The first kappa shape index (κ1) is 16.3. The molecule has 1 saturated heterocycles. The summed E-state index contributed by atoms with van der Waals surface area (Å²) in [6.07, 6.45) is 4.15. The molecule has 3 heteroatoms. The molecule has 5 unspecified atom stereocenters. The molecule has 0 aromatic heterocycles. The van der Waals surface area contributed by atoms with Crippen LogP contribution in [-0.4, -0.2) is 49.3 Å². The van der Waals surface area contributed by atoms with E-state index in [0.29, 0.717) is 29.6 Å². The van der Waals surface area contributed by atoms with Crippen LogP contribution < -0.4 is 5.32 Å². The van der Waals surface area contributed by atoms with Gasteiger partial charge in [0.1, 0.15) is 0 Å². The van der Waals surface area contributed by atoms with Gasteiger partial charge in [0, 0.05) is 37.2 Å². The maximum absolute atomic E-state index is 5.62. The molecule has 0 spiro atoms. The van der Waals surface area contributed by atoms with Crippen LogP contribution in [0.3, 0.4) is 0 Å². The summed E-state index contributed by atoms with van der Waals surface area (Å²) in [5.41, 5.74) is 0.298. The summed E-state index contributed by atoms with van der Waals surface area (Å²) in [6, 6.07) is 2.06. The fourth-order valence-electron chi connectivity index (χ4n) is 4.28. The number of methoxy groups -OCH3 is 1. The normalized spacial score (nSPS) is 41.4. The van der Waals surface area contributed by atoms with Gasteiger partial charge >= 0.3 is 0 Å². The van der Waals surface area contributed by atoms with Crippen molar-refractivity contribution in [3.05, 3.63) is 0 Å². The summed E-state index contributed by atoms with van der Waals surface area (Å²) >= 11 is 0. The van der Waals surface area contributed by atoms with Gasteiger partial charge in [-0.25, -0.2) is 0 Å². The molecule has 20 heavy (non-hydrogen) atoms. The molecule has 1 aliphatic carbocycles. The SMILES string of the molecule is CCCNC1CCN(C2CC(OC)C2(C)C)C(C)C1C. The number of nitrogens with zero attached hydrogens (tertiary/aromatic N) is 1. The molecule has 118 valence electrons. The van der Waals surface area contributed by atoms with Gasteiger partial charge in [-0.15, -0.1) is 0 Å². The highest BCUT2D eigenvalue weighted by molar-refractivity contribution is 5.06. The molecule has 1 aliphatic heterocycles. The molecule has 2 fully saturated rings. The average molecular weight is 282 g/mol. The minimum atomic E-state index is 0.298. The topological polar surface area (TPSA) is 24.5 Å². The van der Waals surface area contributed by atoms with Crippen LogP contribution >= 0.6 is 0 Å². The summed E-state index contributed by atoms with van der Waals surface area (Å²) in [5, 5.41) is 3.74. The Morgan fingerprint density at radius 3 is 2.55 bits per heavy atom. The number of ether oxygens (including phenoxy) is 1. The fourth-order valence-corrected chi connectivity index (χ4v) is 4.28. The molecule has 3 nitrogen and oxygen atoms in total. The first-order valence-corrected chi connectivity index (χ1v) is 8.45. The van der Waals surface area contributed by atoms with Crippen molar-refractivity contribution in [3.63, 3.8) is 0 Å². The predicted molar refractivity (Wildman–Crippen MR) is 85.0 cm³/mol. The fraction of sp³-hybridized carbons (Fsp3) is 1.00. The predicted octanol–water partition coefficient (Wildman–Crippen LogP) is 2.90. The van der Waals surface area contributed by atoms with E-state index in [1.165, 1.54) is 25.8 Å². The summed E-state index contributed by atoms with van der Waals surface area (Å²) < 4.78 is 5.62. The maximum Gasteiger partial charge on any atom is 0.0652 e. The Kier molecular flexibility index (Phi) is 5.14. The molecule has 0 radical (unpaired) electrons. The van der Waals surface area contributed by atoms with E-state index in [9.17, 15) is 0 Å². The van der Waals surface area contributed by atoms with E-state index in [4.69, 9.17) is 4.74 Å². The third kappa shape index (κ3) is 2.77. The van der Waals surface area contributed by atoms with Gasteiger partial charge in [0.2, 0.25) is 0 Å². The number of hydrogen-bond donors (Lipinski definition) is 1. The zero-order valence-electron chi connectivity index (χ0n) is 14.3. The second kappa shape index (κ2) is 6.33. The standard InChI is InChI=1S/C17H34N2O/c1-7-9-18-14-8-10-19(13(3)12(14)2)15-11-16(20-6)17(15,4)5/h12-16,18H,7-11H2,1-6H3. The van der Waals surface area contributed by atoms with Crippen molar-refractivity contribution in [1.29, 1.82) is 0 Å². The minimum absolute atomic E-state index is 0.298. The van der Waals surface area contributed by atoms with Crippen molar-refractivity contribution in [2.24, 2.45) is 11.3 Å². The van der Waals surface area contributed by atoms with E-state index >= 15 is 0 Å².